The van der Waals surface area contributed by atoms with E-state index in [4.69, 9.17) is 4.74 Å². The van der Waals surface area contributed by atoms with Crippen LogP contribution in [0.15, 0.2) is 60.1 Å². The number of H-pyrrole nitrogens is 1. The van der Waals surface area contributed by atoms with Crippen molar-refractivity contribution in [3.8, 4) is 0 Å². The predicted molar refractivity (Wildman–Crippen MR) is 123 cm³/mol. The summed E-state index contributed by atoms with van der Waals surface area (Å²) < 4.78 is 5.43. The molecule has 0 aliphatic heterocycles. The molecule has 1 amide bonds. The summed E-state index contributed by atoms with van der Waals surface area (Å²) >= 11 is 1.35. The number of anilines is 2. The minimum atomic E-state index is -0.321. The summed E-state index contributed by atoms with van der Waals surface area (Å²) in [7, 11) is 0. The molecule has 2 aromatic heterocycles. The van der Waals surface area contributed by atoms with Crippen LogP contribution in [0.25, 0.3) is 10.9 Å². The minimum absolute atomic E-state index is 0.0677. The van der Waals surface area contributed by atoms with Crippen LogP contribution < -0.4 is 4.90 Å². The molecule has 1 N–H and O–H groups in total. The molecule has 2 aromatic carbocycles. The second-order valence-electron chi connectivity index (χ2n) is 7.19. The molecular formula is C24H23N3O3S. The van der Waals surface area contributed by atoms with E-state index in [9.17, 15) is 9.59 Å². The molecule has 0 bridgehead atoms. The van der Waals surface area contributed by atoms with Crippen LogP contribution in [0.5, 0.6) is 0 Å². The number of benzene rings is 2. The molecule has 0 radical (unpaired) electrons. The molecule has 158 valence electrons. The van der Waals surface area contributed by atoms with Crippen molar-refractivity contribution in [2.75, 3.05) is 4.90 Å². The Kier molecular flexibility index (Phi) is 6.13. The zero-order chi connectivity index (χ0) is 21.8. The third-order valence-electron chi connectivity index (χ3n) is 5.04. The maximum absolute atomic E-state index is 12.3. The van der Waals surface area contributed by atoms with Crippen LogP contribution in [-0.2, 0) is 33.8 Å². The first-order valence-corrected chi connectivity index (χ1v) is 11.0. The fraction of sp³-hybridized carbons (Fsp3) is 0.208. The highest BCUT2D eigenvalue weighted by Gasteiger charge is 2.18. The number of rotatable bonds is 7. The van der Waals surface area contributed by atoms with Crippen LogP contribution in [0.2, 0.25) is 0 Å². The molecule has 0 fully saturated rings. The number of ether oxygens (including phenoxy) is 1. The van der Waals surface area contributed by atoms with Crippen molar-refractivity contribution in [1.82, 2.24) is 9.97 Å². The van der Waals surface area contributed by atoms with Crippen LogP contribution in [0, 0.1) is 0 Å². The topological polar surface area (TPSA) is 75.3 Å². The molecule has 7 heteroatoms. The molecule has 0 spiro atoms. The fourth-order valence-electron chi connectivity index (χ4n) is 3.41. The zero-order valence-electron chi connectivity index (χ0n) is 17.4. The Bertz CT molecular complexity index is 1210. The fourth-order valence-corrected chi connectivity index (χ4v) is 4.28. The molecule has 4 rings (SSSR count). The van der Waals surface area contributed by atoms with E-state index in [1.165, 1.54) is 23.8 Å². The van der Waals surface area contributed by atoms with E-state index in [0.29, 0.717) is 10.8 Å². The molecule has 0 aliphatic rings. The van der Waals surface area contributed by atoms with E-state index in [1.54, 1.807) is 4.90 Å². The quantitative estimate of drug-likeness (QED) is 0.409. The van der Waals surface area contributed by atoms with Gasteiger partial charge in [0.05, 0.1) is 17.8 Å². The molecule has 2 heterocycles. The van der Waals surface area contributed by atoms with E-state index in [1.807, 2.05) is 60.1 Å². The van der Waals surface area contributed by atoms with Crippen LogP contribution in [-0.4, -0.2) is 21.8 Å². The maximum atomic E-state index is 12.3. The molecule has 0 atom stereocenters. The second kappa shape index (κ2) is 9.14. The number of amides is 1. The maximum Gasteiger partial charge on any atom is 0.310 e. The van der Waals surface area contributed by atoms with Gasteiger partial charge in [-0.15, -0.1) is 11.3 Å². The number of aromatic amines is 1. The van der Waals surface area contributed by atoms with Gasteiger partial charge < -0.3 is 9.72 Å². The number of nitrogens with one attached hydrogen (secondary N) is 1. The van der Waals surface area contributed by atoms with Gasteiger partial charge in [0.1, 0.15) is 6.61 Å². The summed E-state index contributed by atoms with van der Waals surface area (Å²) in [5.74, 6) is -0.445. The van der Waals surface area contributed by atoms with Gasteiger partial charge in [0.25, 0.3) is 0 Å². The highest BCUT2D eigenvalue weighted by Crippen LogP contribution is 2.29. The van der Waals surface area contributed by atoms with Crippen molar-refractivity contribution in [1.29, 1.82) is 0 Å². The molecule has 31 heavy (non-hydrogen) atoms. The Morgan fingerprint density at radius 2 is 1.90 bits per heavy atom. The molecule has 0 unspecified atom stereocenters. The van der Waals surface area contributed by atoms with E-state index in [0.717, 1.165) is 28.6 Å². The van der Waals surface area contributed by atoms with Crippen LogP contribution in [0.4, 0.5) is 10.8 Å². The van der Waals surface area contributed by atoms with Crippen LogP contribution in [0.1, 0.15) is 30.7 Å². The number of hydrogen-bond acceptors (Lipinski definition) is 5. The monoisotopic (exact) mass is 433 g/mol. The van der Waals surface area contributed by atoms with Crippen molar-refractivity contribution in [3.05, 3.63) is 76.9 Å². The highest BCUT2D eigenvalue weighted by molar-refractivity contribution is 7.14. The first-order chi connectivity index (χ1) is 15.0. The van der Waals surface area contributed by atoms with Crippen LogP contribution in [0.3, 0.4) is 0 Å². The van der Waals surface area contributed by atoms with Crippen molar-refractivity contribution in [2.24, 2.45) is 0 Å². The number of para-hydroxylation sites is 1. The zero-order valence-corrected chi connectivity index (χ0v) is 18.2. The molecule has 0 aliphatic carbocycles. The summed E-state index contributed by atoms with van der Waals surface area (Å²) in [4.78, 5) is 33.8. The van der Waals surface area contributed by atoms with E-state index >= 15 is 0 Å². The number of fused-ring (bicyclic) bond motifs is 1. The van der Waals surface area contributed by atoms with Gasteiger partial charge in [-0.3, -0.25) is 14.5 Å². The molecule has 0 saturated carbocycles. The predicted octanol–water partition coefficient (Wildman–Crippen LogP) is 5.16. The largest absolute Gasteiger partial charge is 0.459 e. The highest BCUT2D eigenvalue weighted by atomic mass is 32.1. The van der Waals surface area contributed by atoms with E-state index in [2.05, 4.69) is 16.9 Å². The lowest BCUT2D eigenvalue weighted by Gasteiger charge is -2.18. The molecule has 6 nitrogen and oxygen atoms in total. The third kappa shape index (κ3) is 4.67. The normalized spacial score (nSPS) is 10.9. The molecule has 0 saturated heterocycles. The SMILES string of the molecule is CCc1ccc(N(C(C)=O)c2nc(COC(=O)Cc3c[nH]c4ccccc34)cs2)cc1. The Balaban J connectivity index is 1.41. The Labute approximate surface area is 184 Å². The average molecular weight is 434 g/mol. The van der Waals surface area contributed by atoms with Gasteiger partial charge in [0, 0.05) is 29.4 Å². The summed E-state index contributed by atoms with van der Waals surface area (Å²) in [6, 6.07) is 15.7. The van der Waals surface area contributed by atoms with E-state index in [-0.39, 0.29) is 24.9 Å². The second-order valence-corrected chi connectivity index (χ2v) is 8.03. The smallest absolute Gasteiger partial charge is 0.310 e. The number of esters is 1. The van der Waals surface area contributed by atoms with Gasteiger partial charge >= 0.3 is 5.97 Å². The van der Waals surface area contributed by atoms with Gasteiger partial charge in [-0.1, -0.05) is 37.3 Å². The number of thiazole rings is 1. The Morgan fingerprint density at radius 1 is 1.13 bits per heavy atom. The molecular weight excluding hydrogens is 410 g/mol. The average Bonchev–Trinajstić information content (AvgIpc) is 3.40. The van der Waals surface area contributed by atoms with Crippen molar-refractivity contribution < 1.29 is 14.3 Å². The number of aryl methyl sites for hydroxylation is 1. The Hall–Kier alpha value is -3.45. The number of carbonyl (C=O) groups excluding carboxylic acids is 2. The van der Waals surface area contributed by atoms with Gasteiger partial charge in [0.15, 0.2) is 5.13 Å². The third-order valence-corrected chi connectivity index (χ3v) is 5.91. The first kappa shape index (κ1) is 20.8. The lowest BCUT2D eigenvalue weighted by Crippen LogP contribution is -2.22. The summed E-state index contributed by atoms with van der Waals surface area (Å²) in [5, 5.41) is 3.38. The minimum Gasteiger partial charge on any atom is -0.459 e. The lowest BCUT2D eigenvalue weighted by molar-refractivity contribution is -0.144. The Morgan fingerprint density at radius 3 is 2.65 bits per heavy atom. The summed E-state index contributed by atoms with van der Waals surface area (Å²) in [6.45, 7) is 3.67. The van der Waals surface area contributed by atoms with Crippen molar-refractivity contribution in [3.63, 3.8) is 0 Å². The lowest BCUT2D eigenvalue weighted by atomic mass is 10.1. The number of nitrogens with zero attached hydrogens (tertiary/aromatic N) is 2. The van der Waals surface area contributed by atoms with Crippen molar-refractivity contribution >= 4 is 44.9 Å². The van der Waals surface area contributed by atoms with Gasteiger partial charge in [-0.2, -0.15) is 0 Å². The summed E-state index contributed by atoms with van der Waals surface area (Å²) in [6.07, 6.45) is 2.96. The number of aromatic nitrogens is 2. The number of carbonyl (C=O) groups is 2. The van der Waals surface area contributed by atoms with Gasteiger partial charge in [-0.25, -0.2) is 4.98 Å². The van der Waals surface area contributed by atoms with E-state index < -0.39 is 0 Å². The summed E-state index contributed by atoms with van der Waals surface area (Å²) in [5.41, 5.74) is 4.48. The first-order valence-electron chi connectivity index (χ1n) is 10.1. The van der Waals surface area contributed by atoms with Crippen molar-refractivity contribution in [2.45, 2.75) is 33.3 Å². The van der Waals surface area contributed by atoms with Gasteiger partial charge in [0.2, 0.25) is 5.91 Å². The van der Waals surface area contributed by atoms with Crippen LogP contribution >= 0.6 is 11.3 Å². The number of hydrogen-bond donors (Lipinski definition) is 1. The van der Waals surface area contributed by atoms with Gasteiger partial charge in [-0.05, 0) is 35.7 Å². The molecule has 4 aromatic rings. The standard InChI is InChI=1S/C24H23N3O3S/c1-3-17-8-10-20(11-9-17)27(16(2)28)24-26-19(15-31-24)14-30-23(29)12-18-13-25-22-7-5-4-6-21(18)22/h4-11,13,15,25H,3,12,14H2,1-2H3.